The monoisotopic (exact) mass is 800 g/mol. The van der Waals surface area contributed by atoms with Gasteiger partial charge >= 0.3 is 0 Å². The standard InChI is InChI=1S/C57H52O4/c1-9-28-61-52-27-19-41-33-42(20-23-46(41)56(52)55-43-13-11-10-12-37(43)17-25-51(55)60-8)57(5,6)48-31-35(3)47(30-36(48)4)40-15-22-45-39(32-40)18-26-50(59-7)54(45)53-44-21-14-34(2)29-38(44)16-24-49(53)58/h10-27,29-33,58H,9,28H2,1-8H3. The van der Waals surface area contributed by atoms with E-state index in [1.54, 1.807) is 20.3 Å². The number of phenolic OH excluding ortho intramolecular Hbond substituents is 1. The van der Waals surface area contributed by atoms with E-state index in [2.05, 4.69) is 163 Å². The molecule has 0 heterocycles. The molecule has 0 unspecified atom stereocenters. The molecular weight excluding hydrogens is 749 g/mol. The van der Waals surface area contributed by atoms with Gasteiger partial charge in [0.25, 0.3) is 0 Å². The van der Waals surface area contributed by atoms with E-state index in [1.165, 1.54) is 33.4 Å². The minimum atomic E-state index is -0.288. The maximum Gasteiger partial charge on any atom is 0.127 e. The van der Waals surface area contributed by atoms with Gasteiger partial charge in [-0.15, -0.1) is 0 Å². The zero-order chi connectivity index (χ0) is 42.6. The minimum Gasteiger partial charge on any atom is -0.507 e. The van der Waals surface area contributed by atoms with Gasteiger partial charge < -0.3 is 19.3 Å². The summed E-state index contributed by atoms with van der Waals surface area (Å²) in [5, 5.41) is 20.1. The zero-order valence-electron chi connectivity index (χ0n) is 36.4. The Balaban J connectivity index is 1.12. The van der Waals surface area contributed by atoms with Crippen LogP contribution in [0, 0.1) is 20.8 Å². The molecule has 0 saturated carbocycles. The van der Waals surface area contributed by atoms with Crippen LogP contribution in [0.4, 0.5) is 0 Å². The van der Waals surface area contributed by atoms with Crippen molar-refractivity contribution >= 4 is 43.1 Å². The highest BCUT2D eigenvalue weighted by Crippen LogP contribution is 2.48. The van der Waals surface area contributed by atoms with E-state index in [4.69, 9.17) is 14.2 Å². The molecule has 9 rings (SSSR count). The first-order valence-corrected chi connectivity index (χ1v) is 21.2. The molecule has 304 valence electrons. The molecule has 0 amide bonds. The minimum absolute atomic E-state index is 0.235. The molecule has 0 bridgehead atoms. The highest BCUT2D eigenvalue weighted by atomic mass is 16.5. The molecule has 0 spiro atoms. The summed E-state index contributed by atoms with van der Waals surface area (Å²) in [4.78, 5) is 0. The fourth-order valence-electron chi connectivity index (χ4n) is 9.53. The summed E-state index contributed by atoms with van der Waals surface area (Å²) >= 11 is 0. The van der Waals surface area contributed by atoms with Crippen LogP contribution in [0.5, 0.6) is 23.0 Å². The first kappa shape index (κ1) is 39.7. The van der Waals surface area contributed by atoms with Gasteiger partial charge in [-0.2, -0.15) is 0 Å². The van der Waals surface area contributed by atoms with Crippen LogP contribution in [0.3, 0.4) is 0 Å². The maximum atomic E-state index is 11.3. The van der Waals surface area contributed by atoms with E-state index in [0.717, 1.165) is 94.6 Å². The lowest BCUT2D eigenvalue weighted by atomic mass is 9.74. The number of phenols is 1. The van der Waals surface area contributed by atoms with Crippen molar-refractivity contribution in [2.75, 3.05) is 20.8 Å². The fraction of sp³-hybridized carbons (Fsp3) is 0.193. The van der Waals surface area contributed by atoms with Gasteiger partial charge in [-0.1, -0.05) is 136 Å². The number of ether oxygens (including phenoxy) is 3. The Bertz CT molecular complexity index is 3170. The summed E-state index contributed by atoms with van der Waals surface area (Å²) in [6.07, 6.45) is 0.920. The molecule has 0 aliphatic carbocycles. The quantitative estimate of drug-likeness (QED) is 0.150. The van der Waals surface area contributed by atoms with Crippen LogP contribution in [-0.4, -0.2) is 25.9 Å². The topological polar surface area (TPSA) is 47.9 Å². The van der Waals surface area contributed by atoms with Crippen molar-refractivity contribution in [3.8, 4) is 56.4 Å². The van der Waals surface area contributed by atoms with Gasteiger partial charge in [0.15, 0.2) is 0 Å². The molecule has 4 heteroatoms. The molecule has 9 aromatic carbocycles. The first-order valence-electron chi connectivity index (χ1n) is 21.2. The molecule has 61 heavy (non-hydrogen) atoms. The summed E-state index contributed by atoms with van der Waals surface area (Å²) < 4.78 is 18.4. The van der Waals surface area contributed by atoms with Gasteiger partial charge in [0.1, 0.15) is 23.0 Å². The zero-order valence-corrected chi connectivity index (χ0v) is 36.4. The molecule has 0 atom stereocenters. The van der Waals surface area contributed by atoms with Crippen molar-refractivity contribution in [2.24, 2.45) is 0 Å². The van der Waals surface area contributed by atoms with Crippen molar-refractivity contribution in [1.82, 2.24) is 0 Å². The van der Waals surface area contributed by atoms with Crippen molar-refractivity contribution < 1.29 is 19.3 Å². The average Bonchev–Trinajstić information content (AvgIpc) is 3.27. The van der Waals surface area contributed by atoms with E-state index in [9.17, 15) is 5.11 Å². The summed E-state index contributed by atoms with van der Waals surface area (Å²) in [7, 11) is 3.44. The van der Waals surface area contributed by atoms with E-state index in [0.29, 0.717) is 6.61 Å². The van der Waals surface area contributed by atoms with Gasteiger partial charge in [-0.05, 0) is 134 Å². The third-order valence-corrected chi connectivity index (χ3v) is 12.7. The molecule has 1 N–H and O–H groups in total. The smallest absolute Gasteiger partial charge is 0.127 e. The first-order chi connectivity index (χ1) is 29.5. The van der Waals surface area contributed by atoms with Crippen molar-refractivity contribution in [3.63, 3.8) is 0 Å². The number of benzene rings is 9. The molecule has 0 aliphatic rings. The van der Waals surface area contributed by atoms with E-state index >= 15 is 0 Å². The summed E-state index contributed by atoms with van der Waals surface area (Å²) in [5.74, 6) is 2.65. The molecule has 0 aromatic heterocycles. The Hall–Kier alpha value is -6.78. The third kappa shape index (κ3) is 6.81. The lowest BCUT2D eigenvalue weighted by molar-refractivity contribution is 0.319. The number of rotatable bonds is 10. The summed E-state index contributed by atoms with van der Waals surface area (Å²) in [6.45, 7) is 14.0. The third-order valence-electron chi connectivity index (χ3n) is 12.7. The predicted octanol–water partition coefficient (Wildman–Crippen LogP) is 15.1. The average molecular weight is 801 g/mol. The van der Waals surface area contributed by atoms with Crippen LogP contribution in [0.25, 0.3) is 76.5 Å². The van der Waals surface area contributed by atoms with Gasteiger partial charge in [0.05, 0.1) is 20.8 Å². The SMILES string of the molecule is CCCOc1ccc2cc(C(C)(C)c3cc(C)c(-c4ccc5c(-c6c(O)ccc7cc(C)ccc67)c(OC)ccc5c4)cc3C)ccc2c1-c1c(OC)ccc2ccccc12. The van der Waals surface area contributed by atoms with Crippen molar-refractivity contribution in [1.29, 1.82) is 0 Å². The maximum absolute atomic E-state index is 11.3. The fourth-order valence-corrected chi connectivity index (χ4v) is 9.53. The van der Waals surface area contributed by atoms with E-state index in [1.807, 2.05) is 12.1 Å². The van der Waals surface area contributed by atoms with Crippen LogP contribution < -0.4 is 14.2 Å². The van der Waals surface area contributed by atoms with Crippen LogP contribution in [-0.2, 0) is 5.41 Å². The number of fused-ring (bicyclic) bond motifs is 4. The number of hydrogen-bond donors (Lipinski definition) is 1. The second-order valence-corrected chi connectivity index (χ2v) is 17.0. The van der Waals surface area contributed by atoms with Crippen molar-refractivity contribution in [3.05, 3.63) is 167 Å². The highest BCUT2D eigenvalue weighted by molar-refractivity contribution is 6.11. The summed E-state index contributed by atoms with van der Waals surface area (Å²) in [6, 6.07) is 49.6. The molecular formula is C57H52O4. The molecule has 0 fully saturated rings. The number of aromatic hydroxyl groups is 1. The van der Waals surface area contributed by atoms with E-state index in [-0.39, 0.29) is 11.2 Å². The number of hydrogen-bond acceptors (Lipinski definition) is 4. The Labute approximate surface area is 359 Å². The highest BCUT2D eigenvalue weighted by Gasteiger charge is 2.28. The van der Waals surface area contributed by atoms with Gasteiger partial charge in [0, 0.05) is 27.7 Å². The molecule has 0 aliphatic heterocycles. The number of aryl methyl sites for hydroxylation is 3. The second kappa shape index (κ2) is 15.7. The van der Waals surface area contributed by atoms with E-state index < -0.39 is 0 Å². The molecule has 4 nitrogen and oxygen atoms in total. The Morgan fingerprint density at radius 1 is 0.508 bits per heavy atom. The van der Waals surface area contributed by atoms with Gasteiger partial charge in [-0.3, -0.25) is 0 Å². The second-order valence-electron chi connectivity index (χ2n) is 17.0. The lowest BCUT2D eigenvalue weighted by Gasteiger charge is -2.30. The molecule has 0 saturated heterocycles. The summed E-state index contributed by atoms with van der Waals surface area (Å²) in [5.41, 5.74) is 12.0. The van der Waals surface area contributed by atoms with Crippen LogP contribution in [0.1, 0.15) is 55.0 Å². The van der Waals surface area contributed by atoms with Crippen molar-refractivity contribution in [2.45, 2.75) is 53.4 Å². The molecule has 0 radical (unpaired) electrons. The van der Waals surface area contributed by atoms with Gasteiger partial charge in [0.2, 0.25) is 0 Å². The Morgan fingerprint density at radius 2 is 1.08 bits per heavy atom. The van der Waals surface area contributed by atoms with Crippen LogP contribution in [0.15, 0.2) is 140 Å². The lowest BCUT2D eigenvalue weighted by Crippen LogP contribution is -2.20. The van der Waals surface area contributed by atoms with Crippen LogP contribution >= 0.6 is 0 Å². The Morgan fingerprint density at radius 3 is 1.82 bits per heavy atom. The normalized spacial score (nSPS) is 11.8. The predicted molar refractivity (Wildman–Crippen MR) is 256 cm³/mol. The number of methoxy groups -OCH3 is 2. The Kier molecular flexibility index (Phi) is 10.2. The van der Waals surface area contributed by atoms with Crippen LogP contribution in [0.2, 0.25) is 0 Å². The van der Waals surface area contributed by atoms with Gasteiger partial charge in [-0.25, -0.2) is 0 Å². The molecule has 9 aromatic rings. The largest absolute Gasteiger partial charge is 0.507 e.